The van der Waals surface area contributed by atoms with Gasteiger partial charge in [0.1, 0.15) is 0 Å². The van der Waals surface area contributed by atoms with Gasteiger partial charge in [-0.05, 0) is 47.6 Å². The Bertz CT molecular complexity index is 850. The lowest BCUT2D eigenvalue weighted by Gasteiger charge is -2.04. The summed E-state index contributed by atoms with van der Waals surface area (Å²) in [5, 5.41) is 16.4. The Labute approximate surface area is 147 Å². The van der Waals surface area contributed by atoms with E-state index in [-0.39, 0.29) is 0 Å². The fourth-order valence-corrected chi connectivity index (χ4v) is 4.39. The van der Waals surface area contributed by atoms with Gasteiger partial charge in [-0.15, -0.1) is 10.2 Å². The molecule has 0 unspecified atom stereocenters. The van der Waals surface area contributed by atoms with Crippen molar-refractivity contribution in [3.8, 4) is 5.69 Å². The largest absolute Gasteiger partial charge is 0.229 e. The van der Waals surface area contributed by atoms with Crippen molar-refractivity contribution in [2.45, 2.75) is 36.9 Å². The predicted octanol–water partition coefficient (Wildman–Crippen LogP) is 3.66. The number of aryl methyl sites for hydroxylation is 2. The minimum atomic E-state index is 0.684. The Hall–Kier alpha value is -1.58. The van der Waals surface area contributed by atoms with Gasteiger partial charge >= 0.3 is 0 Å². The minimum absolute atomic E-state index is 0.684. The van der Waals surface area contributed by atoms with E-state index in [9.17, 15) is 0 Å². The normalized spacial score (nSPS) is 11.0. The maximum atomic E-state index is 5.46. The van der Waals surface area contributed by atoms with Crippen LogP contribution in [-0.2, 0) is 12.3 Å². The number of para-hydroxylation sites is 1. The number of benzene rings is 1. The maximum absolute atomic E-state index is 5.46. The van der Waals surface area contributed by atoms with Crippen molar-refractivity contribution >= 4 is 35.3 Å². The van der Waals surface area contributed by atoms with Crippen LogP contribution < -0.4 is 0 Å². The van der Waals surface area contributed by atoms with Gasteiger partial charge in [-0.25, -0.2) is 9.36 Å². The van der Waals surface area contributed by atoms with Crippen molar-refractivity contribution in [1.82, 2.24) is 30.0 Å². The van der Waals surface area contributed by atoms with E-state index < -0.39 is 0 Å². The van der Waals surface area contributed by atoms with Gasteiger partial charge in [0.15, 0.2) is 14.1 Å². The molecule has 3 aromatic rings. The molecule has 23 heavy (non-hydrogen) atoms. The summed E-state index contributed by atoms with van der Waals surface area (Å²) in [5.74, 6) is 1.55. The van der Waals surface area contributed by atoms with Crippen LogP contribution in [0.2, 0.25) is 0 Å². The molecule has 0 bridgehead atoms. The lowest BCUT2D eigenvalue weighted by atomic mass is 10.2. The van der Waals surface area contributed by atoms with Crippen molar-refractivity contribution < 1.29 is 0 Å². The molecule has 0 amide bonds. The summed E-state index contributed by atoms with van der Waals surface area (Å²) in [5.41, 5.74) is 2.17. The zero-order valence-corrected chi connectivity index (χ0v) is 15.3. The van der Waals surface area contributed by atoms with Crippen LogP contribution in [0.15, 0.2) is 28.6 Å². The molecule has 2 heterocycles. The fourth-order valence-electron chi connectivity index (χ4n) is 2.11. The lowest BCUT2D eigenvalue weighted by molar-refractivity contribution is 0.564. The molecule has 2 aromatic heterocycles. The Morgan fingerprint density at radius 3 is 2.91 bits per heavy atom. The van der Waals surface area contributed by atoms with Crippen LogP contribution in [0.4, 0.5) is 0 Å². The molecular weight excluding hydrogens is 348 g/mol. The second kappa shape index (κ2) is 7.33. The predicted molar refractivity (Wildman–Crippen MR) is 94.7 cm³/mol. The molecule has 1 aromatic carbocycles. The average Bonchev–Trinajstić information content (AvgIpc) is 3.13. The van der Waals surface area contributed by atoms with E-state index in [4.69, 9.17) is 12.2 Å². The van der Waals surface area contributed by atoms with E-state index in [1.807, 2.05) is 27.6 Å². The summed E-state index contributed by atoms with van der Waals surface area (Å²) in [7, 11) is 0. The molecule has 0 fully saturated rings. The molecule has 0 saturated heterocycles. The first-order chi connectivity index (χ1) is 11.2. The topological polar surface area (TPSA) is 61.4 Å². The molecule has 0 aliphatic carbocycles. The molecule has 0 aliphatic heterocycles. The second-order valence-corrected chi connectivity index (χ2v) is 7.78. The first-order valence-electron chi connectivity index (χ1n) is 7.23. The number of hydrogen-bond donors (Lipinski definition) is 0. The molecule has 6 nitrogen and oxygen atoms in total. The van der Waals surface area contributed by atoms with Gasteiger partial charge in [0.05, 0.1) is 11.4 Å². The van der Waals surface area contributed by atoms with E-state index in [0.29, 0.717) is 5.75 Å². The molecule has 0 spiro atoms. The monoisotopic (exact) mass is 364 g/mol. The van der Waals surface area contributed by atoms with Gasteiger partial charge in [-0.2, -0.15) is 0 Å². The number of thioether (sulfide) groups is 1. The summed E-state index contributed by atoms with van der Waals surface area (Å²) in [6.45, 7) is 4.99. The molecule has 0 atom stereocenters. The van der Waals surface area contributed by atoms with Crippen LogP contribution in [0.1, 0.15) is 24.7 Å². The van der Waals surface area contributed by atoms with Crippen LogP contribution >= 0.6 is 35.3 Å². The van der Waals surface area contributed by atoms with E-state index in [0.717, 1.165) is 38.3 Å². The Morgan fingerprint density at radius 1 is 1.30 bits per heavy atom. The zero-order valence-electron chi connectivity index (χ0n) is 12.8. The SMILES string of the molecule is CCCn1nnnc1CSc1nn(-c2ccccc2C)c(=S)s1. The minimum Gasteiger partial charge on any atom is -0.229 e. The first-order valence-corrected chi connectivity index (χ1v) is 9.44. The van der Waals surface area contributed by atoms with Gasteiger partial charge in [-0.3, -0.25) is 0 Å². The van der Waals surface area contributed by atoms with Gasteiger partial charge in [0.2, 0.25) is 0 Å². The first kappa shape index (κ1) is 16.3. The fraction of sp³-hybridized carbons (Fsp3) is 0.357. The Balaban J connectivity index is 1.78. The third kappa shape index (κ3) is 3.67. The molecule has 0 N–H and O–H groups in total. The van der Waals surface area contributed by atoms with Crippen LogP contribution in [0, 0.1) is 10.9 Å². The van der Waals surface area contributed by atoms with Crippen molar-refractivity contribution in [3.63, 3.8) is 0 Å². The third-order valence-electron chi connectivity index (χ3n) is 3.24. The van der Waals surface area contributed by atoms with Gasteiger partial charge in [-0.1, -0.05) is 48.2 Å². The summed E-state index contributed by atoms with van der Waals surface area (Å²) in [6, 6.07) is 8.09. The molecular formula is C14H16N6S3. The standard InChI is InChI=1S/C14H16N6S3/c1-3-8-19-12(15-17-18-19)9-22-13-16-20(14(21)23-13)11-7-5-4-6-10(11)2/h4-7H,3,8-9H2,1-2H3. The van der Waals surface area contributed by atoms with Crippen molar-refractivity contribution in [2.75, 3.05) is 0 Å². The number of rotatable bonds is 6. The molecule has 0 saturated carbocycles. The van der Waals surface area contributed by atoms with Crippen LogP contribution in [0.3, 0.4) is 0 Å². The van der Waals surface area contributed by atoms with Crippen LogP contribution in [-0.4, -0.2) is 30.0 Å². The van der Waals surface area contributed by atoms with Gasteiger partial charge in [0, 0.05) is 6.54 Å². The average molecular weight is 365 g/mol. The molecule has 3 rings (SSSR count). The number of aromatic nitrogens is 6. The zero-order chi connectivity index (χ0) is 16.2. The highest BCUT2D eigenvalue weighted by molar-refractivity contribution is 8.00. The molecule has 0 aliphatic rings. The lowest BCUT2D eigenvalue weighted by Crippen LogP contribution is -2.04. The summed E-state index contributed by atoms with van der Waals surface area (Å²) in [4.78, 5) is 0. The van der Waals surface area contributed by atoms with Gasteiger partial charge in [0.25, 0.3) is 0 Å². The van der Waals surface area contributed by atoms with Crippen LogP contribution in [0.5, 0.6) is 0 Å². The molecule has 9 heteroatoms. The van der Waals surface area contributed by atoms with Gasteiger partial charge < -0.3 is 0 Å². The van der Waals surface area contributed by atoms with E-state index in [1.54, 1.807) is 11.8 Å². The van der Waals surface area contributed by atoms with E-state index in [1.165, 1.54) is 11.3 Å². The van der Waals surface area contributed by atoms with Crippen molar-refractivity contribution in [2.24, 2.45) is 0 Å². The molecule has 0 radical (unpaired) electrons. The second-order valence-electron chi connectivity index (χ2n) is 4.94. The maximum Gasteiger partial charge on any atom is 0.184 e. The van der Waals surface area contributed by atoms with Crippen LogP contribution in [0.25, 0.3) is 5.69 Å². The number of hydrogen-bond acceptors (Lipinski definition) is 7. The van der Waals surface area contributed by atoms with Crippen molar-refractivity contribution in [3.05, 3.63) is 39.6 Å². The summed E-state index contributed by atoms with van der Waals surface area (Å²) in [6.07, 6.45) is 1.00. The quantitative estimate of drug-likeness (QED) is 0.491. The van der Waals surface area contributed by atoms with E-state index >= 15 is 0 Å². The highest BCUT2D eigenvalue weighted by Gasteiger charge is 2.11. The highest BCUT2D eigenvalue weighted by Crippen LogP contribution is 2.27. The smallest absolute Gasteiger partial charge is 0.184 e. The Morgan fingerprint density at radius 2 is 2.13 bits per heavy atom. The summed E-state index contributed by atoms with van der Waals surface area (Å²) < 4.78 is 5.33. The van der Waals surface area contributed by atoms with E-state index in [2.05, 4.69) is 40.5 Å². The number of tetrazole rings is 1. The molecule has 120 valence electrons. The number of nitrogens with zero attached hydrogens (tertiary/aromatic N) is 6. The highest BCUT2D eigenvalue weighted by atomic mass is 32.2. The summed E-state index contributed by atoms with van der Waals surface area (Å²) >= 11 is 8.58. The Kier molecular flexibility index (Phi) is 5.19. The third-order valence-corrected chi connectivity index (χ3v) is 5.60. The van der Waals surface area contributed by atoms with Crippen molar-refractivity contribution in [1.29, 1.82) is 0 Å².